The van der Waals surface area contributed by atoms with Crippen LogP contribution in [0.5, 0.6) is 11.5 Å². The van der Waals surface area contributed by atoms with Gasteiger partial charge < -0.3 is 4.74 Å². The van der Waals surface area contributed by atoms with Gasteiger partial charge in [-0.2, -0.15) is 0 Å². The minimum absolute atomic E-state index is 0.321. The molecule has 0 spiro atoms. The van der Waals surface area contributed by atoms with Gasteiger partial charge in [-0.05, 0) is 72.3 Å². The summed E-state index contributed by atoms with van der Waals surface area (Å²) >= 11 is -2.24. The van der Waals surface area contributed by atoms with Crippen LogP contribution >= 0.6 is 0 Å². The first-order valence-corrected chi connectivity index (χ1v) is 10.8. The van der Waals surface area contributed by atoms with E-state index in [1.54, 1.807) is 36.4 Å². The lowest BCUT2D eigenvalue weighted by atomic mass is 10.1. The molecule has 4 aromatic rings. The lowest BCUT2D eigenvalue weighted by molar-refractivity contribution is 0.480. The summed E-state index contributed by atoms with van der Waals surface area (Å²) in [5, 5.41) is 0. The van der Waals surface area contributed by atoms with Gasteiger partial charge in [-0.15, -0.1) is 0 Å². The first-order chi connectivity index (χ1) is 15.6. The first kappa shape index (κ1) is 21.4. The molecular formula is C25H19FN2O3S. The maximum Gasteiger partial charge on any atom is 0.259 e. The molecular weight excluding hydrogens is 427 g/mol. The van der Waals surface area contributed by atoms with Gasteiger partial charge in [0.05, 0.1) is 17.1 Å². The maximum atomic E-state index is 13.0. The fourth-order valence-corrected chi connectivity index (χ4v) is 3.40. The number of hydrogen-bond donors (Lipinski definition) is 2. The molecule has 1 aromatic heterocycles. The van der Waals surface area contributed by atoms with Crippen molar-refractivity contribution in [1.82, 2.24) is 9.71 Å². The van der Waals surface area contributed by atoms with Gasteiger partial charge in [0.2, 0.25) is 0 Å². The molecule has 0 saturated heterocycles. The average molecular weight is 447 g/mol. The second-order valence-electron chi connectivity index (χ2n) is 6.81. The highest BCUT2D eigenvalue weighted by Gasteiger charge is 2.09. The average Bonchev–Trinajstić information content (AvgIpc) is 2.81. The van der Waals surface area contributed by atoms with Crippen LogP contribution in [-0.4, -0.2) is 13.7 Å². The molecule has 1 atom stereocenters. The lowest BCUT2D eigenvalue weighted by Crippen LogP contribution is -2.15. The van der Waals surface area contributed by atoms with Crippen LogP contribution in [0.2, 0.25) is 0 Å². The molecule has 160 valence electrons. The molecule has 0 aliphatic heterocycles. The van der Waals surface area contributed by atoms with Gasteiger partial charge >= 0.3 is 0 Å². The normalized spacial score (nSPS) is 12.2. The summed E-state index contributed by atoms with van der Waals surface area (Å²) in [6.07, 6.45) is 1.76. The summed E-state index contributed by atoms with van der Waals surface area (Å²) in [4.78, 5) is 4.66. The number of nitrogens with one attached hydrogen (secondary N) is 1. The minimum Gasteiger partial charge on any atom is -0.457 e. The van der Waals surface area contributed by atoms with Crippen LogP contribution in [-0.2, 0) is 11.3 Å². The second kappa shape index (κ2) is 10.00. The SMILES string of the molecule is O=S(O)N/C(=C\c1ccccc1)c1cccc(-c2ccc(Oc3ccc(F)cc3)cc2)n1. The van der Waals surface area contributed by atoms with Crippen molar-refractivity contribution in [2.24, 2.45) is 0 Å². The zero-order valence-corrected chi connectivity index (χ0v) is 17.6. The topological polar surface area (TPSA) is 71.5 Å². The monoisotopic (exact) mass is 446 g/mol. The van der Waals surface area contributed by atoms with Gasteiger partial charge in [0.1, 0.15) is 17.3 Å². The fraction of sp³-hybridized carbons (Fsp3) is 0. The number of benzene rings is 3. The summed E-state index contributed by atoms with van der Waals surface area (Å²) in [5.41, 5.74) is 3.37. The summed E-state index contributed by atoms with van der Waals surface area (Å²) < 4.78 is 42.1. The van der Waals surface area contributed by atoms with Gasteiger partial charge in [0, 0.05) is 5.56 Å². The molecule has 0 aliphatic carbocycles. The maximum absolute atomic E-state index is 13.0. The van der Waals surface area contributed by atoms with E-state index in [2.05, 4.69) is 9.71 Å². The Kier molecular flexibility index (Phi) is 6.69. The molecule has 3 aromatic carbocycles. The van der Waals surface area contributed by atoms with Crippen molar-refractivity contribution >= 4 is 23.0 Å². The van der Waals surface area contributed by atoms with Gasteiger partial charge in [-0.25, -0.2) is 13.6 Å². The molecule has 0 bridgehead atoms. The van der Waals surface area contributed by atoms with Gasteiger partial charge in [-0.3, -0.25) is 9.27 Å². The Morgan fingerprint density at radius 2 is 1.53 bits per heavy atom. The molecule has 0 fully saturated rings. The zero-order chi connectivity index (χ0) is 22.3. The van der Waals surface area contributed by atoms with Crippen molar-refractivity contribution in [2.75, 3.05) is 0 Å². The summed E-state index contributed by atoms with van der Waals surface area (Å²) in [7, 11) is 0. The smallest absolute Gasteiger partial charge is 0.259 e. The van der Waals surface area contributed by atoms with Crippen molar-refractivity contribution < 1.29 is 17.9 Å². The van der Waals surface area contributed by atoms with E-state index < -0.39 is 11.3 Å². The Morgan fingerprint density at radius 3 is 2.19 bits per heavy atom. The Morgan fingerprint density at radius 1 is 0.875 bits per heavy atom. The van der Waals surface area contributed by atoms with E-state index in [9.17, 15) is 13.2 Å². The Bertz CT molecular complexity index is 1240. The van der Waals surface area contributed by atoms with Crippen molar-refractivity contribution in [2.45, 2.75) is 0 Å². The Hall–Kier alpha value is -3.81. The predicted molar refractivity (Wildman–Crippen MR) is 124 cm³/mol. The van der Waals surface area contributed by atoms with Crippen molar-refractivity contribution in [3.05, 3.63) is 114 Å². The molecule has 4 rings (SSSR count). The van der Waals surface area contributed by atoms with Crippen LogP contribution in [0.15, 0.2) is 97.1 Å². The van der Waals surface area contributed by atoms with Crippen molar-refractivity contribution in [3.8, 4) is 22.8 Å². The molecule has 32 heavy (non-hydrogen) atoms. The third-order valence-electron chi connectivity index (χ3n) is 4.53. The van der Waals surface area contributed by atoms with E-state index in [-0.39, 0.29) is 5.82 Å². The molecule has 5 nitrogen and oxygen atoms in total. The second-order valence-corrected chi connectivity index (χ2v) is 7.51. The molecule has 1 unspecified atom stereocenters. The number of nitrogens with zero attached hydrogens (tertiary/aromatic N) is 1. The molecule has 0 aliphatic rings. The highest BCUT2D eigenvalue weighted by molar-refractivity contribution is 7.77. The number of ether oxygens (including phenoxy) is 1. The van der Waals surface area contributed by atoms with Gasteiger partial charge in [0.15, 0.2) is 0 Å². The number of halogens is 1. The van der Waals surface area contributed by atoms with Crippen molar-refractivity contribution in [3.63, 3.8) is 0 Å². The van der Waals surface area contributed by atoms with Gasteiger partial charge in [0.25, 0.3) is 11.3 Å². The van der Waals surface area contributed by atoms with Crippen LogP contribution in [0.25, 0.3) is 23.0 Å². The quantitative estimate of drug-likeness (QED) is 0.347. The zero-order valence-electron chi connectivity index (χ0n) is 16.8. The van der Waals surface area contributed by atoms with E-state index in [4.69, 9.17) is 4.74 Å². The Balaban J connectivity index is 1.59. The van der Waals surface area contributed by atoms with E-state index in [0.29, 0.717) is 28.6 Å². The van der Waals surface area contributed by atoms with E-state index in [0.717, 1.165) is 11.1 Å². The highest BCUT2D eigenvalue weighted by atomic mass is 32.2. The predicted octanol–water partition coefficient (Wildman–Crippen LogP) is 5.90. The largest absolute Gasteiger partial charge is 0.457 e. The molecule has 7 heteroatoms. The standard InChI is InChI=1S/C25H19FN2O3S/c26-20-11-15-22(16-12-20)31-21-13-9-19(10-14-21)23-7-4-8-24(27-23)25(28-32(29)30)17-18-5-2-1-3-6-18/h1-17,28H,(H,29,30)/b25-17-. The van der Waals surface area contributed by atoms with Crippen LogP contribution in [0, 0.1) is 5.82 Å². The van der Waals surface area contributed by atoms with E-state index in [1.807, 2.05) is 54.6 Å². The third kappa shape index (κ3) is 5.66. The lowest BCUT2D eigenvalue weighted by Gasteiger charge is -2.10. The van der Waals surface area contributed by atoms with Crippen LogP contribution in [0.4, 0.5) is 4.39 Å². The summed E-state index contributed by atoms with van der Waals surface area (Å²) in [5.74, 6) is 0.829. The number of pyridine rings is 1. The molecule has 0 saturated carbocycles. The minimum atomic E-state index is -2.24. The molecule has 1 heterocycles. The van der Waals surface area contributed by atoms with Crippen molar-refractivity contribution in [1.29, 1.82) is 0 Å². The Labute approximate surface area is 187 Å². The van der Waals surface area contributed by atoms with Crippen LogP contribution in [0.1, 0.15) is 11.3 Å². The van der Waals surface area contributed by atoms with Crippen LogP contribution < -0.4 is 9.46 Å². The third-order valence-corrected chi connectivity index (χ3v) is 4.93. The van der Waals surface area contributed by atoms with Gasteiger partial charge in [-0.1, -0.05) is 36.4 Å². The molecule has 0 amide bonds. The summed E-state index contributed by atoms with van der Waals surface area (Å²) in [6, 6.07) is 28.1. The number of rotatable bonds is 7. The van der Waals surface area contributed by atoms with Crippen LogP contribution in [0.3, 0.4) is 0 Å². The number of hydrogen-bond acceptors (Lipinski definition) is 3. The first-order valence-electron chi connectivity index (χ1n) is 9.72. The fourth-order valence-electron chi connectivity index (χ4n) is 3.04. The molecule has 0 radical (unpaired) electrons. The highest BCUT2D eigenvalue weighted by Crippen LogP contribution is 2.26. The van der Waals surface area contributed by atoms with E-state index >= 15 is 0 Å². The van der Waals surface area contributed by atoms with E-state index in [1.165, 1.54) is 12.1 Å². The number of aromatic nitrogens is 1. The summed E-state index contributed by atoms with van der Waals surface area (Å²) in [6.45, 7) is 0. The molecule has 2 N–H and O–H groups in total.